The van der Waals surface area contributed by atoms with E-state index in [4.69, 9.17) is 0 Å². The van der Waals surface area contributed by atoms with Crippen LogP contribution in [0.1, 0.15) is 25.0 Å². The van der Waals surface area contributed by atoms with E-state index >= 15 is 0 Å². The van der Waals surface area contributed by atoms with Gasteiger partial charge in [0.15, 0.2) is 0 Å². The van der Waals surface area contributed by atoms with Crippen LogP contribution in [0.2, 0.25) is 0 Å². The fourth-order valence-electron chi connectivity index (χ4n) is 2.32. The first-order valence-electron chi connectivity index (χ1n) is 5.91. The van der Waals surface area contributed by atoms with Crippen molar-refractivity contribution in [1.29, 1.82) is 0 Å². The van der Waals surface area contributed by atoms with E-state index < -0.39 is 0 Å². The molecule has 0 radical (unpaired) electrons. The highest BCUT2D eigenvalue weighted by Crippen LogP contribution is 2.30. The Kier molecular flexibility index (Phi) is 2.74. The molecule has 1 aliphatic carbocycles. The van der Waals surface area contributed by atoms with Gasteiger partial charge >= 0.3 is 0 Å². The summed E-state index contributed by atoms with van der Waals surface area (Å²) in [5, 5.41) is 8.52. The standard InChI is InChI=1S/C13H13BrN2O/c14-9-4-5-10-11(7-9)13(17)16-15-12(10)6-8-2-1-3-8/h4-5,7-8H,1-3,6H2,(H,16,17). The Morgan fingerprint density at radius 3 is 2.88 bits per heavy atom. The van der Waals surface area contributed by atoms with Gasteiger partial charge in [0.25, 0.3) is 5.56 Å². The number of rotatable bonds is 2. The average molecular weight is 293 g/mol. The Bertz CT molecular complexity index is 616. The lowest BCUT2D eigenvalue weighted by Gasteiger charge is -2.25. The number of H-pyrrole nitrogens is 1. The third-order valence-corrected chi connectivity index (χ3v) is 4.03. The van der Waals surface area contributed by atoms with Crippen LogP contribution >= 0.6 is 15.9 Å². The second-order valence-electron chi connectivity index (χ2n) is 4.69. The Morgan fingerprint density at radius 1 is 1.35 bits per heavy atom. The lowest BCUT2D eigenvalue weighted by Crippen LogP contribution is -2.17. The molecule has 0 bridgehead atoms. The largest absolute Gasteiger partial charge is 0.272 e. The molecule has 3 nitrogen and oxygen atoms in total. The predicted molar refractivity (Wildman–Crippen MR) is 71.1 cm³/mol. The van der Waals surface area contributed by atoms with E-state index in [0.29, 0.717) is 0 Å². The minimum absolute atomic E-state index is 0.112. The van der Waals surface area contributed by atoms with Gasteiger partial charge in [0, 0.05) is 9.86 Å². The number of halogens is 1. The molecule has 1 N–H and O–H groups in total. The number of hydrogen-bond donors (Lipinski definition) is 1. The van der Waals surface area contributed by atoms with Crippen molar-refractivity contribution >= 4 is 26.7 Å². The van der Waals surface area contributed by atoms with Crippen molar-refractivity contribution in [3.8, 4) is 0 Å². The van der Waals surface area contributed by atoms with Crippen LogP contribution in [0.4, 0.5) is 0 Å². The van der Waals surface area contributed by atoms with Crippen LogP contribution in [0, 0.1) is 5.92 Å². The number of hydrogen-bond acceptors (Lipinski definition) is 2. The van der Waals surface area contributed by atoms with Crippen LogP contribution < -0.4 is 5.56 Å². The summed E-state index contributed by atoms with van der Waals surface area (Å²) < 4.78 is 0.927. The summed E-state index contributed by atoms with van der Waals surface area (Å²) in [7, 11) is 0. The molecule has 4 heteroatoms. The van der Waals surface area contributed by atoms with Gasteiger partial charge in [0.2, 0.25) is 0 Å². The topological polar surface area (TPSA) is 45.8 Å². The quantitative estimate of drug-likeness (QED) is 0.925. The first-order valence-corrected chi connectivity index (χ1v) is 6.70. The first kappa shape index (κ1) is 11.0. The monoisotopic (exact) mass is 292 g/mol. The second-order valence-corrected chi connectivity index (χ2v) is 5.61. The maximum absolute atomic E-state index is 11.7. The molecular weight excluding hydrogens is 280 g/mol. The van der Waals surface area contributed by atoms with E-state index in [1.54, 1.807) is 0 Å². The van der Waals surface area contributed by atoms with Crippen LogP contribution in [0.15, 0.2) is 27.5 Å². The highest BCUT2D eigenvalue weighted by Gasteiger charge is 2.20. The third kappa shape index (κ3) is 2.02. The summed E-state index contributed by atoms with van der Waals surface area (Å²) in [6.07, 6.45) is 4.89. The van der Waals surface area contributed by atoms with Gasteiger partial charge < -0.3 is 0 Å². The second kappa shape index (κ2) is 4.26. The molecule has 0 spiro atoms. The molecule has 1 saturated carbocycles. The maximum atomic E-state index is 11.7. The summed E-state index contributed by atoms with van der Waals surface area (Å²) in [4.78, 5) is 11.7. The van der Waals surface area contributed by atoms with Crippen molar-refractivity contribution in [3.63, 3.8) is 0 Å². The van der Waals surface area contributed by atoms with Crippen molar-refractivity contribution in [1.82, 2.24) is 10.2 Å². The Hall–Kier alpha value is -1.16. The van der Waals surface area contributed by atoms with Crippen LogP contribution in [-0.2, 0) is 6.42 Å². The van der Waals surface area contributed by atoms with Crippen molar-refractivity contribution in [2.45, 2.75) is 25.7 Å². The van der Waals surface area contributed by atoms with E-state index in [9.17, 15) is 4.79 Å². The van der Waals surface area contributed by atoms with Crippen molar-refractivity contribution in [3.05, 3.63) is 38.7 Å². The molecule has 0 unspecified atom stereocenters. The Balaban J connectivity index is 2.11. The van der Waals surface area contributed by atoms with E-state index in [1.165, 1.54) is 19.3 Å². The van der Waals surface area contributed by atoms with E-state index in [0.717, 1.165) is 33.3 Å². The van der Waals surface area contributed by atoms with E-state index in [1.807, 2.05) is 18.2 Å². The normalized spacial score (nSPS) is 16.1. The van der Waals surface area contributed by atoms with Crippen LogP contribution in [0.5, 0.6) is 0 Å². The summed E-state index contributed by atoms with van der Waals surface area (Å²) in [5.41, 5.74) is 0.912. The molecule has 17 heavy (non-hydrogen) atoms. The van der Waals surface area contributed by atoms with Crippen LogP contribution in [-0.4, -0.2) is 10.2 Å². The van der Waals surface area contributed by atoms with Gasteiger partial charge in [-0.3, -0.25) is 4.79 Å². The predicted octanol–water partition coefficient (Wildman–Crippen LogP) is 3.03. The zero-order chi connectivity index (χ0) is 11.8. The fourth-order valence-corrected chi connectivity index (χ4v) is 2.68. The summed E-state index contributed by atoms with van der Waals surface area (Å²) in [5.74, 6) is 0.750. The molecule has 3 rings (SSSR count). The highest BCUT2D eigenvalue weighted by atomic mass is 79.9. The van der Waals surface area contributed by atoms with Crippen LogP contribution in [0.25, 0.3) is 10.8 Å². The molecule has 0 amide bonds. The molecular formula is C13H13BrN2O. The summed E-state index contributed by atoms with van der Waals surface area (Å²) in [6, 6.07) is 5.81. The first-order chi connectivity index (χ1) is 8.24. The molecule has 1 aromatic carbocycles. The summed E-state index contributed by atoms with van der Waals surface area (Å²) >= 11 is 3.39. The van der Waals surface area contributed by atoms with Gasteiger partial charge in [0.1, 0.15) is 0 Å². The average Bonchev–Trinajstić information content (AvgIpc) is 2.26. The Labute approximate surface area is 107 Å². The van der Waals surface area contributed by atoms with E-state index in [2.05, 4.69) is 26.1 Å². The molecule has 0 saturated heterocycles. The van der Waals surface area contributed by atoms with Gasteiger partial charge in [-0.25, -0.2) is 5.10 Å². The molecule has 2 aromatic rings. The number of aromatic nitrogens is 2. The number of nitrogens with one attached hydrogen (secondary N) is 1. The minimum Gasteiger partial charge on any atom is -0.267 e. The number of fused-ring (bicyclic) bond motifs is 1. The molecule has 0 aliphatic heterocycles. The van der Waals surface area contributed by atoms with E-state index in [-0.39, 0.29) is 5.56 Å². The van der Waals surface area contributed by atoms with Crippen molar-refractivity contribution < 1.29 is 0 Å². The maximum Gasteiger partial charge on any atom is 0.272 e. The third-order valence-electron chi connectivity index (χ3n) is 3.54. The van der Waals surface area contributed by atoms with Crippen molar-refractivity contribution in [2.75, 3.05) is 0 Å². The van der Waals surface area contributed by atoms with Gasteiger partial charge in [0.05, 0.1) is 11.1 Å². The number of benzene rings is 1. The lowest BCUT2D eigenvalue weighted by molar-refractivity contribution is 0.312. The molecule has 1 aromatic heterocycles. The highest BCUT2D eigenvalue weighted by molar-refractivity contribution is 9.10. The van der Waals surface area contributed by atoms with Gasteiger partial charge in [-0.2, -0.15) is 5.10 Å². The number of nitrogens with zero attached hydrogens (tertiary/aromatic N) is 1. The SMILES string of the molecule is O=c1[nH]nc(CC2CCC2)c2ccc(Br)cc12. The fraction of sp³-hybridized carbons (Fsp3) is 0.385. The lowest BCUT2D eigenvalue weighted by atomic mass is 9.81. The van der Waals surface area contributed by atoms with Gasteiger partial charge in [-0.05, 0) is 24.5 Å². The molecule has 1 heterocycles. The van der Waals surface area contributed by atoms with Gasteiger partial charge in [-0.15, -0.1) is 0 Å². The molecule has 88 valence electrons. The molecule has 1 fully saturated rings. The summed E-state index contributed by atoms with van der Waals surface area (Å²) in [6.45, 7) is 0. The number of aromatic amines is 1. The smallest absolute Gasteiger partial charge is 0.267 e. The zero-order valence-corrected chi connectivity index (χ0v) is 11.0. The Morgan fingerprint density at radius 2 is 2.18 bits per heavy atom. The minimum atomic E-state index is -0.112. The zero-order valence-electron chi connectivity index (χ0n) is 9.37. The molecule has 0 atom stereocenters. The molecule has 1 aliphatic rings. The van der Waals surface area contributed by atoms with Crippen LogP contribution in [0.3, 0.4) is 0 Å². The van der Waals surface area contributed by atoms with Gasteiger partial charge in [-0.1, -0.05) is 41.3 Å². The van der Waals surface area contributed by atoms with Crippen molar-refractivity contribution in [2.24, 2.45) is 5.92 Å².